The van der Waals surface area contributed by atoms with Crippen LogP contribution in [-0.2, 0) is 17.8 Å². The molecule has 1 atom stereocenters. The van der Waals surface area contributed by atoms with Crippen LogP contribution in [0.1, 0.15) is 29.8 Å². The summed E-state index contributed by atoms with van der Waals surface area (Å²) in [5.74, 6) is -0.0504. The fourth-order valence-corrected chi connectivity index (χ4v) is 3.21. The smallest absolute Gasteiger partial charge is 0.267 e. The van der Waals surface area contributed by atoms with Crippen molar-refractivity contribution < 1.29 is 9.90 Å². The Kier molecular flexibility index (Phi) is 5.46. The monoisotopic (exact) mass is 356 g/mol. The Morgan fingerprint density at radius 1 is 1.38 bits per heavy atom. The molecule has 26 heavy (non-hydrogen) atoms. The lowest BCUT2D eigenvalue weighted by atomic mass is 9.76. The van der Waals surface area contributed by atoms with E-state index in [1.807, 2.05) is 32.0 Å². The number of pyridine rings is 1. The van der Waals surface area contributed by atoms with Crippen molar-refractivity contribution in [2.45, 2.75) is 51.8 Å². The molecule has 7 nitrogen and oxygen atoms in total. The third-order valence-electron chi connectivity index (χ3n) is 4.95. The lowest BCUT2D eigenvalue weighted by Gasteiger charge is -2.38. The maximum absolute atomic E-state index is 12.5. The molecule has 0 unspecified atom stereocenters. The van der Waals surface area contributed by atoms with Gasteiger partial charge in [-0.3, -0.25) is 14.6 Å². The third-order valence-corrected chi connectivity index (χ3v) is 4.95. The van der Waals surface area contributed by atoms with Crippen molar-refractivity contribution in [1.82, 2.24) is 20.1 Å². The molecular formula is C19H24N4O3. The van der Waals surface area contributed by atoms with Gasteiger partial charge < -0.3 is 10.4 Å². The van der Waals surface area contributed by atoms with Gasteiger partial charge in [0.15, 0.2) is 0 Å². The summed E-state index contributed by atoms with van der Waals surface area (Å²) in [5, 5.41) is 16.8. The lowest BCUT2D eigenvalue weighted by Crippen LogP contribution is -2.49. The fraction of sp³-hybridized carbons (Fsp3) is 0.474. The molecule has 2 aromatic heterocycles. The molecule has 3 rings (SSSR count). The minimum atomic E-state index is -0.299. The maximum atomic E-state index is 12.5. The molecule has 7 heteroatoms. The number of aliphatic hydroxyl groups is 1. The molecule has 0 saturated heterocycles. The van der Waals surface area contributed by atoms with Crippen LogP contribution in [0.3, 0.4) is 0 Å². The van der Waals surface area contributed by atoms with E-state index in [1.54, 1.807) is 6.20 Å². The number of aryl methyl sites for hydroxylation is 2. The summed E-state index contributed by atoms with van der Waals surface area (Å²) in [6.45, 7) is 3.51. The quantitative estimate of drug-likeness (QED) is 0.796. The Hall–Kier alpha value is -2.54. The second-order valence-electron chi connectivity index (χ2n) is 6.99. The summed E-state index contributed by atoms with van der Waals surface area (Å²) >= 11 is 0. The van der Waals surface area contributed by atoms with Crippen molar-refractivity contribution in [1.29, 1.82) is 0 Å². The van der Waals surface area contributed by atoms with Gasteiger partial charge in [-0.25, -0.2) is 4.68 Å². The molecule has 0 bridgehead atoms. The molecule has 1 amide bonds. The van der Waals surface area contributed by atoms with Crippen LogP contribution < -0.4 is 10.9 Å². The van der Waals surface area contributed by atoms with Crippen molar-refractivity contribution in [3.05, 3.63) is 57.8 Å². The summed E-state index contributed by atoms with van der Waals surface area (Å²) < 4.78 is 1.19. The SMILES string of the molecule is Cc1cc(=O)n(CC(=O)N[C@H](Cc2ccccn2)C2CC(O)C2)nc1C. The molecule has 1 fully saturated rings. The van der Waals surface area contributed by atoms with E-state index in [-0.39, 0.29) is 36.1 Å². The van der Waals surface area contributed by atoms with Gasteiger partial charge in [-0.2, -0.15) is 5.10 Å². The van der Waals surface area contributed by atoms with Gasteiger partial charge in [0.1, 0.15) is 6.54 Å². The van der Waals surface area contributed by atoms with Crippen molar-refractivity contribution >= 4 is 5.91 Å². The first kappa shape index (κ1) is 18.3. The van der Waals surface area contributed by atoms with E-state index in [2.05, 4.69) is 15.4 Å². The second kappa shape index (κ2) is 7.78. The Labute approximate surface area is 152 Å². The van der Waals surface area contributed by atoms with E-state index < -0.39 is 0 Å². The molecule has 0 aliphatic heterocycles. The molecule has 1 aliphatic rings. The van der Waals surface area contributed by atoms with Crippen molar-refractivity contribution in [2.24, 2.45) is 5.92 Å². The first-order chi connectivity index (χ1) is 12.4. The molecule has 0 spiro atoms. The van der Waals surface area contributed by atoms with Crippen molar-refractivity contribution in [2.75, 3.05) is 0 Å². The highest BCUT2D eigenvalue weighted by Crippen LogP contribution is 2.31. The van der Waals surface area contributed by atoms with Gasteiger partial charge in [-0.15, -0.1) is 0 Å². The number of carbonyl (C=O) groups is 1. The molecule has 1 aliphatic carbocycles. The van der Waals surface area contributed by atoms with Crippen LogP contribution >= 0.6 is 0 Å². The topological polar surface area (TPSA) is 97.1 Å². The number of aliphatic hydroxyl groups excluding tert-OH is 1. The van der Waals surface area contributed by atoms with E-state index in [0.29, 0.717) is 19.3 Å². The van der Waals surface area contributed by atoms with Crippen LogP contribution in [-0.4, -0.2) is 37.9 Å². The number of nitrogens with one attached hydrogen (secondary N) is 1. The van der Waals surface area contributed by atoms with Crippen molar-refractivity contribution in [3.8, 4) is 0 Å². The van der Waals surface area contributed by atoms with E-state index in [0.717, 1.165) is 17.0 Å². The Balaban J connectivity index is 1.69. The Bertz CT molecular complexity index is 828. The van der Waals surface area contributed by atoms with Crippen LogP contribution in [0, 0.1) is 19.8 Å². The number of amides is 1. The van der Waals surface area contributed by atoms with E-state index in [1.165, 1.54) is 10.7 Å². The number of aromatic nitrogens is 3. The predicted molar refractivity (Wildman–Crippen MR) is 96.6 cm³/mol. The van der Waals surface area contributed by atoms with Gasteiger partial charge in [-0.1, -0.05) is 6.07 Å². The number of hydrogen-bond donors (Lipinski definition) is 2. The molecule has 1 saturated carbocycles. The molecular weight excluding hydrogens is 332 g/mol. The summed E-state index contributed by atoms with van der Waals surface area (Å²) in [5.41, 5.74) is 2.14. The van der Waals surface area contributed by atoms with Gasteiger partial charge in [0.25, 0.3) is 5.56 Å². The minimum absolute atomic E-state index is 0.117. The standard InChI is InChI=1S/C19H24N4O3/c1-12-7-19(26)23(22-13(12)2)11-18(25)21-17(14-8-16(24)9-14)10-15-5-3-4-6-20-15/h3-7,14,16-17,24H,8-11H2,1-2H3,(H,21,25)/t14?,16?,17-/m1/s1. The average Bonchev–Trinajstić information content (AvgIpc) is 2.57. The Morgan fingerprint density at radius 3 is 2.81 bits per heavy atom. The van der Waals surface area contributed by atoms with E-state index >= 15 is 0 Å². The molecule has 0 aromatic carbocycles. The van der Waals surface area contributed by atoms with E-state index in [4.69, 9.17) is 0 Å². The van der Waals surface area contributed by atoms with Crippen LogP contribution in [0.4, 0.5) is 0 Å². The number of hydrogen-bond acceptors (Lipinski definition) is 5. The molecule has 2 aromatic rings. The van der Waals surface area contributed by atoms with Crippen LogP contribution in [0.2, 0.25) is 0 Å². The van der Waals surface area contributed by atoms with Crippen molar-refractivity contribution in [3.63, 3.8) is 0 Å². The Morgan fingerprint density at radius 2 is 2.15 bits per heavy atom. The molecule has 138 valence electrons. The van der Waals surface area contributed by atoms with Crippen LogP contribution in [0.25, 0.3) is 0 Å². The van der Waals surface area contributed by atoms with Gasteiger partial charge in [0.05, 0.1) is 11.8 Å². The number of rotatable bonds is 6. The zero-order valence-electron chi connectivity index (χ0n) is 15.1. The van der Waals surface area contributed by atoms with Gasteiger partial charge >= 0.3 is 0 Å². The summed E-state index contributed by atoms with van der Waals surface area (Å²) in [7, 11) is 0. The zero-order chi connectivity index (χ0) is 18.7. The normalized spacial score (nSPS) is 20.3. The van der Waals surface area contributed by atoms with Gasteiger partial charge in [0.2, 0.25) is 5.91 Å². The minimum Gasteiger partial charge on any atom is -0.393 e. The first-order valence-corrected chi connectivity index (χ1v) is 8.85. The summed E-state index contributed by atoms with van der Waals surface area (Å²) in [6, 6.07) is 7.05. The zero-order valence-corrected chi connectivity index (χ0v) is 15.1. The predicted octanol–water partition coefficient (Wildman–Crippen LogP) is 0.754. The molecule has 2 heterocycles. The number of carbonyl (C=O) groups excluding carboxylic acids is 1. The molecule has 0 radical (unpaired) electrons. The highest BCUT2D eigenvalue weighted by Gasteiger charge is 2.35. The van der Waals surface area contributed by atoms with Crippen LogP contribution in [0.15, 0.2) is 35.3 Å². The summed E-state index contributed by atoms with van der Waals surface area (Å²) in [6.07, 6.45) is 3.35. The number of nitrogens with zero attached hydrogens (tertiary/aromatic N) is 3. The maximum Gasteiger partial charge on any atom is 0.267 e. The summed E-state index contributed by atoms with van der Waals surface area (Å²) in [4.78, 5) is 28.8. The molecule has 2 N–H and O–H groups in total. The first-order valence-electron chi connectivity index (χ1n) is 8.85. The van der Waals surface area contributed by atoms with E-state index in [9.17, 15) is 14.7 Å². The van der Waals surface area contributed by atoms with Gasteiger partial charge in [0, 0.05) is 30.4 Å². The van der Waals surface area contributed by atoms with Gasteiger partial charge in [-0.05, 0) is 50.3 Å². The average molecular weight is 356 g/mol. The lowest BCUT2D eigenvalue weighted by molar-refractivity contribution is -0.123. The van der Waals surface area contributed by atoms with Crippen LogP contribution in [0.5, 0.6) is 0 Å². The third kappa shape index (κ3) is 4.35. The largest absolute Gasteiger partial charge is 0.393 e. The highest BCUT2D eigenvalue weighted by molar-refractivity contribution is 5.76. The second-order valence-corrected chi connectivity index (χ2v) is 6.99. The fourth-order valence-electron chi connectivity index (χ4n) is 3.21. The highest BCUT2D eigenvalue weighted by atomic mass is 16.3.